The van der Waals surface area contributed by atoms with Gasteiger partial charge >= 0.3 is 0 Å². The molecule has 2 atom stereocenters. The lowest BCUT2D eigenvalue weighted by molar-refractivity contribution is 0.0958. The van der Waals surface area contributed by atoms with Crippen molar-refractivity contribution in [1.29, 1.82) is 0 Å². The molecule has 0 aromatic heterocycles. The van der Waals surface area contributed by atoms with Gasteiger partial charge in [-0.2, -0.15) is 0 Å². The van der Waals surface area contributed by atoms with Crippen LogP contribution in [-0.4, -0.2) is 18.1 Å². The van der Waals surface area contributed by atoms with Gasteiger partial charge in [0.15, 0.2) is 0 Å². The van der Waals surface area contributed by atoms with Crippen LogP contribution in [0.3, 0.4) is 0 Å². The third-order valence-electron chi connectivity index (χ3n) is 6.21. The Kier molecular flexibility index (Phi) is 4.70. The minimum atomic E-state index is -0.179. The molecule has 2 aliphatic carbocycles. The molecule has 0 radical (unpaired) electrons. The number of phenols is 1. The first-order chi connectivity index (χ1) is 11.8. The molecule has 0 saturated heterocycles. The molecule has 3 heteroatoms. The fourth-order valence-corrected chi connectivity index (χ4v) is 5.01. The van der Waals surface area contributed by atoms with Crippen molar-refractivity contribution in [1.82, 2.24) is 5.32 Å². The topological polar surface area (TPSA) is 49.3 Å². The highest BCUT2D eigenvalue weighted by atomic mass is 16.3. The van der Waals surface area contributed by atoms with E-state index in [0.29, 0.717) is 11.5 Å². The summed E-state index contributed by atoms with van der Waals surface area (Å²) in [4.78, 5) is 12.5. The molecule has 1 amide bonds. The zero-order valence-corrected chi connectivity index (χ0v) is 16.2. The predicted octanol–water partition coefficient (Wildman–Crippen LogP) is 4.73. The molecule has 0 bridgehead atoms. The van der Waals surface area contributed by atoms with Crippen molar-refractivity contribution in [3.63, 3.8) is 0 Å². The summed E-state index contributed by atoms with van der Waals surface area (Å²) in [7, 11) is 1.63. The summed E-state index contributed by atoms with van der Waals surface area (Å²) in [6, 6.07) is 2.19. The van der Waals surface area contributed by atoms with E-state index in [4.69, 9.17) is 0 Å². The number of nitrogens with one attached hydrogen (secondary N) is 1. The van der Waals surface area contributed by atoms with Crippen LogP contribution in [0.15, 0.2) is 17.7 Å². The fraction of sp³-hybridized carbons (Fsp3) is 0.591. The summed E-state index contributed by atoms with van der Waals surface area (Å²) < 4.78 is 0. The fourth-order valence-electron chi connectivity index (χ4n) is 5.01. The van der Waals surface area contributed by atoms with E-state index in [2.05, 4.69) is 45.2 Å². The number of aromatic hydroxyl groups is 1. The number of hydrogen-bond acceptors (Lipinski definition) is 2. The summed E-state index contributed by atoms with van der Waals surface area (Å²) in [5.74, 6) is 0.772. The van der Waals surface area contributed by atoms with Crippen LogP contribution in [-0.2, 0) is 12.8 Å². The molecule has 136 valence electrons. The molecule has 0 saturated carbocycles. The molecule has 1 aromatic rings. The van der Waals surface area contributed by atoms with Crippen molar-refractivity contribution in [3.05, 3.63) is 40.0 Å². The number of aryl methyl sites for hydroxylation is 1. The van der Waals surface area contributed by atoms with E-state index in [0.717, 1.165) is 43.2 Å². The van der Waals surface area contributed by atoms with Gasteiger partial charge in [-0.25, -0.2) is 0 Å². The summed E-state index contributed by atoms with van der Waals surface area (Å²) in [5, 5.41) is 13.9. The molecular weight excluding hydrogens is 310 g/mol. The van der Waals surface area contributed by atoms with E-state index in [-0.39, 0.29) is 23.0 Å². The first kappa shape index (κ1) is 18.0. The van der Waals surface area contributed by atoms with Gasteiger partial charge < -0.3 is 10.4 Å². The van der Waals surface area contributed by atoms with E-state index >= 15 is 0 Å². The molecule has 0 aliphatic heterocycles. The van der Waals surface area contributed by atoms with Crippen LogP contribution >= 0.6 is 0 Å². The predicted molar refractivity (Wildman–Crippen MR) is 102 cm³/mol. The molecule has 0 fully saturated rings. The number of carbonyl (C=O) groups is 1. The van der Waals surface area contributed by atoms with Crippen molar-refractivity contribution < 1.29 is 9.90 Å². The smallest absolute Gasteiger partial charge is 0.255 e. The van der Waals surface area contributed by atoms with Crippen molar-refractivity contribution in [3.8, 4) is 5.75 Å². The highest BCUT2D eigenvalue weighted by Crippen LogP contribution is 2.55. The van der Waals surface area contributed by atoms with E-state index in [1.165, 1.54) is 11.1 Å². The maximum atomic E-state index is 12.5. The maximum Gasteiger partial charge on any atom is 0.255 e. The van der Waals surface area contributed by atoms with Gasteiger partial charge in [-0.05, 0) is 55.1 Å². The minimum Gasteiger partial charge on any atom is -0.507 e. The monoisotopic (exact) mass is 341 g/mol. The Morgan fingerprint density at radius 2 is 2.12 bits per heavy atom. The molecule has 25 heavy (non-hydrogen) atoms. The van der Waals surface area contributed by atoms with Crippen LogP contribution in [0.1, 0.15) is 79.9 Å². The second kappa shape index (κ2) is 6.51. The molecular formula is C22H31NO2. The number of phenolic OH excluding ortho intramolecular Hbond substituents is 1. The summed E-state index contributed by atoms with van der Waals surface area (Å²) >= 11 is 0. The van der Waals surface area contributed by atoms with Crippen molar-refractivity contribution in [2.75, 3.05) is 7.05 Å². The van der Waals surface area contributed by atoms with Gasteiger partial charge in [0.2, 0.25) is 0 Å². The number of benzene rings is 1. The zero-order valence-electron chi connectivity index (χ0n) is 16.2. The van der Waals surface area contributed by atoms with Gasteiger partial charge in [-0.15, -0.1) is 0 Å². The van der Waals surface area contributed by atoms with Gasteiger partial charge in [-0.1, -0.05) is 44.9 Å². The van der Waals surface area contributed by atoms with Crippen molar-refractivity contribution in [2.45, 2.75) is 65.7 Å². The van der Waals surface area contributed by atoms with Gasteiger partial charge in [0.1, 0.15) is 5.75 Å². The van der Waals surface area contributed by atoms with Crippen molar-refractivity contribution >= 4 is 5.91 Å². The second-order valence-electron chi connectivity index (χ2n) is 8.51. The Labute approximate surface area is 151 Å². The van der Waals surface area contributed by atoms with Gasteiger partial charge in [0.05, 0.1) is 5.56 Å². The normalized spacial score (nSPS) is 24.1. The van der Waals surface area contributed by atoms with Crippen LogP contribution < -0.4 is 5.32 Å². The third kappa shape index (κ3) is 2.98. The highest BCUT2D eigenvalue weighted by molar-refractivity contribution is 5.99. The summed E-state index contributed by atoms with van der Waals surface area (Å²) in [6.07, 6.45) is 7.36. The lowest BCUT2D eigenvalue weighted by Gasteiger charge is -2.47. The number of rotatable bonds is 3. The molecule has 2 N–H and O–H groups in total. The molecule has 0 heterocycles. The standard InChI is InChI=1S/C22H31NO2/c1-6-7-14-11-15-12-22(3,4)17-9-8-13(2)10-16(17)18(15)20(24)19(14)21(25)23-5/h10-11,16-17,24H,6-9,12H2,1-5H3,(H,23,25)/t16-,17-/m1/s1. The van der Waals surface area contributed by atoms with Crippen molar-refractivity contribution in [2.24, 2.45) is 11.3 Å². The number of fused-ring (bicyclic) bond motifs is 3. The molecule has 2 aliphatic rings. The maximum absolute atomic E-state index is 12.5. The Bertz CT molecular complexity index is 730. The van der Waals surface area contributed by atoms with Gasteiger partial charge in [0, 0.05) is 18.5 Å². The van der Waals surface area contributed by atoms with Crippen LogP contribution in [0.5, 0.6) is 5.75 Å². The average Bonchev–Trinajstić information content (AvgIpc) is 2.53. The van der Waals surface area contributed by atoms with E-state index in [1.54, 1.807) is 7.05 Å². The number of carbonyl (C=O) groups excluding carboxylic acids is 1. The van der Waals surface area contributed by atoms with Gasteiger partial charge in [-0.3, -0.25) is 4.79 Å². The number of hydrogen-bond donors (Lipinski definition) is 2. The Balaban J connectivity index is 2.25. The highest BCUT2D eigenvalue weighted by Gasteiger charge is 2.44. The number of amides is 1. The number of allylic oxidation sites excluding steroid dienone is 2. The quantitative estimate of drug-likeness (QED) is 0.781. The Morgan fingerprint density at radius 1 is 1.40 bits per heavy atom. The first-order valence-electron chi connectivity index (χ1n) is 9.57. The lowest BCUT2D eigenvalue weighted by atomic mass is 9.57. The summed E-state index contributed by atoms with van der Waals surface area (Å²) in [6.45, 7) is 8.99. The first-order valence-corrected chi connectivity index (χ1v) is 9.57. The average molecular weight is 341 g/mol. The summed E-state index contributed by atoms with van der Waals surface area (Å²) in [5.41, 5.74) is 5.29. The van der Waals surface area contributed by atoms with Crippen LogP contribution in [0.2, 0.25) is 0 Å². The molecule has 0 spiro atoms. The Hall–Kier alpha value is -1.77. The largest absolute Gasteiger partial charge is 0.507 e. The van der Waals surface area contributed by atoms with Crippen LogP contribution in [0.4, 0.5) is 0 Å². The van der Waals surface area contributed by atoms with E-state index < -0.39 is 0 Å². The minimum absolute atomic E-state index is 0.179. The van der Waals surface area contributed by atoms with Gasteiger partial charge in [0.25, 0.3) is 5.91 Å². The van der Waals surface area contributed by atoms with E-state index in [9.17, 15) is 9.90 Å². The SMILES string of the molecule is CCCc1cc2c(c(O)c1C(=O)NC)[C@@H]1C=C(C)CC[C@H]1C(C)(C)C2. The second-order valence-corrected chi connectivity index (χ2v) is 8.51. The lowest BCUT2D eigenvalue weighted by Crippen LogP contribution is -2.38. The molecule has 1 aromatic carbocycles. The molecule has 3 nitrogen and oxygen atoms in total. The van der Waals surface area contributed by atoms with Crippen LogP contribution in [0.25, 0.3) is 0 Å². The zero-order chi connectivity index (χ0) is 18.4. The molecule has 0 unspecified atom stereocenters. The van der Waals surface area contributed by atoms with Crippen LogP contribution in [0, 0.1) is 11.3 Å². The third-order valence-corrected chi connectivity index (χ3v) is 6.21. The van der Waals surface area contributed by atoms with E-state index in [1.807, 2.05) is 0 Å². The Morgan fingerprint density at radius 3 is 2.76 bits per heavy atom. The molecule has 3 rings (SSSR count).